The molecule has 30 heavy (non-hydrogen) atoms. The number of pyridine rings is 3. The van der Waals surface area contributed by atoms with Crippen LogP contribution in [0.25, 0.3) is 0 Å². The third kappa shape index (κ3) is 13.3. The minimum Gasteiger partial charge on any atom is -0.478 e. The SMILES string of the molecule is O.O.O=C(O)c1cccnc1.O=C(O)c1cccnc1.O=C(O)c1cccnc1.[Pr]. The summed E-state index contributed by atoms with van der Waals surface area (Å²) in [5.41, 5.74) is 0.660. The van der Waals surface area contributed by atoms with E-state index in [1.807, 2.05) is 0 Å². The van der Waals surface area contributed by atoms with Crippen LogP contribution in [0.3, 0.4) is 0 Å². The summed E-state index contributed by atoms with van der Waals surface area (Å²) in [7, 11) is 0. The van der Waals surface area contributed by atoms with Gasteiger partial charge in [-0.2, -0.15) is 0 Å². The fourth-order valence-electron chi connectivity index (χ4n) is 1.47. The van der Waals surface area contributed by atoms with E-state index in [-0.39, 0.29) is 68.9 Å². The molecule has 0 atom stereocenters. The van der Waals surface area contributed by atoms with Crippen LogP contribution in [0, 0.1) is 41.3 Å². The van der Waals surface area contributed by atoms with E-state index in [9.17, 15) is 14.4 Å². The molecule has 3 rings (SSSR count). The summed E-state index contributed by atoms with van der Waals surface area (Å²) in [4.78, 5) is 41.4. The van der Waals surface area contributed by atoms with Crippen molar-refractivity contribution < 1.29 is 81.9 Å². The molecule has 7 N–H and O–H groups in total. The van der Waals surface area contributed by atoms with Gasteiger partial charge in [-0.25, -0.2) is 14.4 Å². The summed E-state index contributed by atoms with van der Waals surface area (Å²) in [6.07, 6.45) is 8.53. The zero-order valence-corrected chi connectivity index (χ0v) is 19.1. The Morgan fingerprint density at radius 2 is 0.800 bits per heavy atom. The van der Waals surface area contributed by atoms with Gasteiger partial charge in [0, 0.05) is 78.5 Å². The first kappa shape index (κ1) is 31.8. The van der Waals surface area contributed by atoms with Crippen LogP contribution in [0.5, 0.6) is 0 Å². The molecule has 0 fully saturated rings. The molecular weight excluding hydrogens is 527 g/mol. The number of nitrogens with zero attached hydrogens (tertiary/aromatic N) is 3. The van der Waals surface area contributed by atoms with Crippen molar-refractivity contribution in [3.63, 3.8) is 0 Å². The van der Waals surface area contributed by atoms with Gasteiger partial charge in [0.1, 0.15) is 0 Å². The van der Waals surface area contributed by atoms with E-state index in [2.05, 4.69) is 15.0 Å². The number of hydrogen-bond acceptors (Lipinski definition) is 6. The van der Waals surface area contributed by atoms with Crippen molar-refractivity contribution in [1.82, 2.24) is 15.0 Å². The summed E-state index contributed by atoms with van der Waals surface area (Å²) in [5.74, 6) is -2.82. The molecule has 11 nitrogen and oxygen atoms in total. The van der Waals surface area contributed by atoms with Gasteiger partial charge in [0.15, 0.2) is 0 Å². The Morgan fingerprint density at radius 3 is 0.900 bits per heavy atom. The molecule has 0 aliphatic heterocycles. The van der Waals surface area contributed by atoms with E-state index in [4.69, 9.17) is 15.3 Å². The van der Waals surface area contributed by atoms with Gasteiger partial charge in [-0.3, -0.25) is 15.0 Å². The van der Waals surface area contributed by atoms with E-state index in [1.165, 1.54) is 55.4 Å². The zero-order chi connectivity index (χ0) is 20.1. The molecule has 12 heteroatoms. The van der Waals surface area contributed by atoms with E-state index in [0.717, 1.165) is 0 Å². The van der Waals surface area contributed by atoms with Gasteiger partial charge < -0.3 is 26.3 Å². The maximum Gasteiger partial charge on any atom is 0.337 e. The number of aromatic nitrogens is 3. The molecule has 0 spiro atoms. The van der Waals surface area contributed by atoms with E-state index >= 15 is 0 Å². The summed E-state index contributed by atoms with van der Waals surface area (Å²) in [6, 6.07) is 9.25. The molecule has 0 amide bonds. The molecule has 0 saturated heterocycles. The Bertz CT molecular complexity index is 751. The summed E-state index contributed by atoms with van der Waals surface area (Å²) >= 11 is 0. The van der Waals surface area contributed by atoms with Gasteiger partial charge in [-0.1, -0.05) is 0 Å². The van der Waals surface area contributed by atoms with Crippen LogP contribution in [0.2, 0.25) is 0 Å². The van der Waals surface area contributed by atoms with E-state index in [1.54, 1.807) is 18.2 Å². The Balaban J connectivity index is -0.000000347. The Hall–Kier alpha value is -2.86. The topological polar surface area (TPSA) is 214 Å². The van der Waals surface area contributed by atoms with Crippen molar-refractivity contribution in [2.24, 2.45) is 0 Å². The van der Waals surface area contributed by atoms with Crippen LogP contribution in [0.15, 0.2) is 73.6 Å². The summed E-state index contributed by atoms with van der Waals surface area (Å²) in [5, 5.41) is 25.0. The van der Waals surface area contributed by atoms with E-state index in [0.29, 0.717) is 0 Å². The minimum absolute atomic E-state index is 0. The van der Waals surface area contributed by atoms with Gasteiger partial charge >= 0.3 is 17.9 Å². The molecule has 3 aromatic heterocycles. The monoisotopic (exact) mass is 546 g/mol. The quantitative estimate of drug-likeness (QED) is 0.421. The molecule has 0 aliphatic rings. The molecule has 3 heterocycles. The minimum atomic E-state index is -0.942. The third-order valence-corrected chi connectivity index (χ3v) is 2.73. The first-order valence-electron chi connectivity index (χ1n) is 7.31. The smallest absolute Gasteiger partial charge is 0.337 e. The second kappa shape index (κ2) is 18.2. The van der Waals surface area contributed by atoms with Crippen molar-refractivity contribution in [3.8, 4) is 0 Å². The number of carbonyl (C=O) groups is 3. The normalized spacial score (nSPS) is 8.00. The fourth-order valence-corrected chi connectivity index (χ4v) is 1.47. The number of aromatic carboxylic acids is 3. The number of carboxylic acids is 3. The predicted octanol–water partition coefficient (Wildman–Crippen LogP) is 0.690. The largest absolute Gasteiger partial charge is 0.478 e. The first-order valence-corrected chi connectivity index (χ1v) is 7.31. The molecule has 0 aliphatic carbocycles. The van der Waals surface area contributed by atoms with Crippen molar-refractivity contribution >= 4 is 17.9 Å². The van der Waals surface area contributed by atoms with Crippen LogP contribution < -0.4 is 0 Å². The fraction of sp³-hybridized carbons (Fsp3) is 0. The number of carboxylic acid groups (broad SMARTS) is 3. The molecule has 0 saturated carbocycles. The molecule has 1 radical (unpaired) electrons. The maximum atomic E-state index is 10.2. The molecule has 3 aromatic rings. The molecule has 157 valence electrons. The predicted molar refractivity (Wildman–Crippen MR) is 101 cm³/mol. The Labute approximate surface area is 204 Å². The third-order valence-electron chi connectivity index (χ3n) is 2.73. The number of rotatable bonds is 3. The van der Waals surface area contributed by atoms with Crippen LogP contribution >= 0.6 is 0 Å². The van der Waals surface area contributed by atoms with Crippen LogP contribution in [-0.4, -0.2) is 59.1 Å². The Kier molecular flexibility index (Phi) is 19.3. The molecule has 0 bridgehead atoms. The van der Waals surface area contributed by atoms with Gasteiger partial charge in [-0.05, 0) is 36.4 Å². The van der Waals surface area contributed by atoms with Crippen LogP contribution in [-0.2, 0) is 0 Å². The van der Waals surface area contributed by atoms with Crippen molar-refractivity contribution in [2.45, 2.75) is 0 Å². The standard InChI is InChI=1S/3C6H5NO2.2H2O.Pr/c3*8-6(9)5-2-1-3-7-4-5;;;/h3*1-4H,(H,8,9);2*1H2;. The van der Waals surface area contributed by atoms with Crippen molar-refractivity contribution in [2.75, 3.05) is 0 Å². The average Bonchev–Trinajstić information content (AvgIpc) is 2.71. The molecular formula is C18H19N3O8Pr. The van der Waals surface area contributed by atoms with Gasteiger partial charge in [-0.15, -0.1) is 0 Å². The second-order valence-corrected chi connectivity index (χ2v) is 4.64. The van der Waals surface area contributed by atoms with Crippen molar-refractivity contribution in [1.29, 1.82) is 0 Å². The first-order chi connectivity index (χ1) is 12.9. The summed E-state index contributed by atoms with van der Waals surface area (Å²) < 4.78 is 0. The van der Waals surface area contributed by atoms with Crippen LogP contribution in [0.1, 0.15) is 31.1 Å². The second-order valence-electron chi connectivity index (χ2n) is 4.64. The maximum absolute atomic E-state index is 10.2. The zero-order valence-electron chi connectivity index (χ0n) is 15.4. The van der Waals surface area contributed by atoms with E-state index < -0.39 is 17.9 Å². The van der Waals surface area contributed by atoms with Crippen molar-refractivity contribution in [3.05, 3.63) is 90.3 Å². The summed E-state index contributed by atoms with van der Waals surface area (Å²) in [6.45, 7) is 0. The van der Waals surface area contributed by atoms with Gasteiger partial charge in [0.05, 0.1) is 16.7 Å². The van der Waals surface area contributed by atoms with Crippen LogP contribution in [0.4, 0.5) is 0 Å². The molecule has 0 aromatic carbocycles. The van der Waals surface area contributed by atoms with Gasteiger partial charge in [0.25, 0.3) is 0 Å². The average molecular weight is 546 g/mol. The van der Waals surface area contributed by atoms with Gasteiger partial charge in [0.2, 0.25) is 0 Å². The molecule has 0 unspecified atom stereocenters. The Morgan fingerprint density at radius 1 is 0.567 bits per heavy atom. The number of hydrogen-bond donors (Lipinski definition) is 3.